The number of fused-ring (bicyclic) bond motifs is 2. The Labute approximate surface area is 176 Å². The van der Waals surface area contributed by atoms with Crippen LogP contribution in [0.15, 0.2) is 52.3 Å². The van der Waals surface area contributed by atoms with E-state index in [1.807, 2.05) is 58.8 Å². The van der Waals surface area contributed by atoms with Crippen LogP contribution in [-0.2, 0) is 11.2 Å². The number of carbonyl (C=O) groups excluding carboxylic acids is 1. The lowest BCUT2D eigenvalue weighted by Gasteiger charge is -2.16. The van der Waals surface area contributed by atoms with Gasteiger partial charge in [-0.2, -0.15) is 0 Å². The summed E-state index contributed by atoms with van der Waals surface area (Å²) in [5.74, 6) is 0.231. The van der Waals surface area contributed by atoms with Crippen molar-refractivity contribution in [3.8, 4) is 5.75 Å². The summed E-state index contributed by atoms with van der Waals surface area (Å²) < 4.78 is 0. The Morgan fingerprint density at radius 1 is 1.03 bits per heavy atom. The number of rotatable bonds is 7. The zero-order valence-corrected chi connectivity index (χ0v) is 18.0. The number of aromatic amines is 1. The van der Waals surface area contributed by atoms with E-state index in [1.165, 1.54) is 0 Å². The predicted octanol–water partition coefficient (Wildman–Crippen LogP) is 3.16. The van der Waals surface area contributed by atoms with E-state index in [1.54, 1.807) is 6.07 Å². The lowest BCUT2D eigenvalue weighted by Crippen LogP contribution is -2.16. The molecule has 0 bridgehead atoms. The van der Waals surface area contributed by atoms with Gasteiger partial charge in [0.25, 0.3) is 0 Å². The van der Waals surface area contributed by atoms with Crippen molar-refractivity contribution in [2.75, 3.05) is 41.3 Å². The molecule has 6 heteroatoms. The molecule has 2 N–H and O–H groups in total. The second kappa shape index (κ2) is 8.05. The molecular formula is C24H28N4O2. The number of Topliss-reactive ketones (excluding diaryl/α,β-unsaturated/α-hetero) is 1. The van der Waals surface area contributed by atoms with Crippen molar-refractivity contribution in [1.29, 1.82) is 0 Å². The van der Waals surface area contributed by atoms with Gasteiger partial charge in [-0.1, -0.05) is 0 Å². The molecule has 4 rings (SSSR count). The van der Waals surface area contributed by atoms with Crippen LogP contribution < -0.4 is 0 Å². The lowest BCUT2D eigenvalue weighted by atomic mass is 9.87. The number of nitrogens with zero attached hydrogens (tertiary/aromatic N) is 3. The van der Waals surface area contributed by atoms with Gasteiger partial charge in [-0.3, -0.25) is 9.79 Å². The summed E-state index contributed by atoms with van der Waals surface area (Å²) >= 11 is 0. The van der Waals surface area contributed by atoms with Crippen molar-refractivity contribution in [1.82, 2.24) is 14.8 Å². The molecule has 1 aliphatic carbocycles. The van der Waals surface area contributed by atoms with Gasteiger partial charge in [0.1, 0.15) is 5.75 Å². The van der Waals surface area contributed by atoms with E-state index < -0.39 is 0 Å². The number of aliphatic imine (C=N–C) groups is 1. The highest BCUT2D eigenvalue weighted by Crippen LogP contribution is 2.39. The van der Waals surface area contributed by atoms with Crippen molar-refractivity contribution >= 4 is 28.5 Å². The highest BCUT2D eigenvalue weighted by molar-refractivity contribution is 6.35. The Balaban J connectivity index is 1.74. The largest absolute Gasteiger partial charge is 0.507 e. The number of phenols is 1. The van der Waals surface area contributed by atoms with Crippen LogP contribution in [0.3, 0.4) is 0 Å². The van der Waals surface area contributed by atoms with Crippen LogP contribution in [0.25, 0.3) is 16.5 Å². The first-order chi connectivity index (χ1) is 14.4. The van der Waals surface area contributed by atoms with E-state index in [0.29, 0.717) is 11.1 Å². The number of aromatic hydroxyl groups is 1. The maximum atomic E-state index is 13.5. The molecule has 30 heavy (non-hydrogen) atoms. The molecule has 0 saturated heterocycles. The van der Waals surface area contributed by atoms with Crippen molar-refractivity contribution < 1.29 is 9.90 Å². The van der Waals surface area contributed by atoms with E-state index in [4.69, 9.17) is 0 Å². The number of aromatic nitrogens is 1. The molecular weight excluding hydrogens is 376 g/mol. The average Bonchev–Trinajstić information content (AvgIpc) is 3.31. The fraction of sp³-hybridized carbons (Fsp3) is 0.333. The number of hydrogen-bond acceptors (Lipinski definition) is 5. The minimum absolute atomic E-state index is 0.00446. The van der Waals surface area contributed by atoms with Gasteiger partial charge in [0.05, 0.1) is 16.8 Å². The van der Waals surface area contributed by atoms with Gasteiger partial charge in [0.2, 0.25) is 0 Å². The van der Waals surface area contributed by atoms with Crippen molar-refractivity contribution in [2.45, 2.75) is 12.8 Å². The summed E-state index contributed by atoms with van der Waals surface area (Å²) in [6.07, 6.45) is 9.12. The highest BCUT2D eigenvalue weighted by Gasteiger charge is 2.30. The third kappa shape index (κ3) is 3.64. The zero-order valence-electron chi connectivity index (χ0n) is 18.0. The minimum atomic E-state index is -0.00446. The number of phenolic OH excluding ortho intramolecular Hbond substituents is 1. The normalized spacial score (nSPS) is 16.1. The first-order valence-corrected chi connectivity index (χ1v) is 10.2. The second-order valence-corrected chi connectivity index (χ2v) is 8.42. The van der Waals surface area contributed by atoms with E-state index in [0.717, 1.165) is 59.2 Å². The fourth-order valence-electron chi connectivity index (χ4n) is 4.01. The summed E-state index contributed by atoms with van der Waals surface area (Å²) in [5, 5.41) is 11.3. The van der Waals surface area contributed by atoms with Crippen LogP contribution in [0.4, 0.5) is 0 Å². The number of carbonyl (C=O) groups is 1. The SMILES string of the molecule is CN(C)CCC1=C2C(=O)C(c3ccc(O)c4c(CCN(C)C)c[nH]c34)=CC=C2N=C1. The van der Waals surface area contributed by atoms with Crippen molar-refractivity contribution in [3.05, 3.63) is 58.5 Å². The molecule has 1 aromatic carbocycles. The molecule has 0 amide bonds. The van der Waals surface area contributed by atoms with Crippen LogP contribution in [-0.4, -0.2) is 73.2 Å². The third-order valence-corrected chi connectivity index (χ3v) is 5.66. The summed E-state index contributed by atoms with van der Waals surface area (Å²) in [5.41, 5.74) is 5.72. The van der Waals surface area contributed by atoms with Gasteiger partial charge >= 0.3 is 0 Å². The Kier molecular flexibility index (Phi) is 5.45. The third-order valence-electron chi connectivity index (χ3n) is 5.66. The van der Waals surface area contributed by atoms with Crippen molar-refractivity contribution in [3.63, 3.8) is 0 Å². The van der Waals surface area contributed by atoms with Crippen LogP contribution in [0, 0.1) is 0 Å². The molecule has 0 fully saturated rings. The number of ketones is 1. The molecule has 1 aromatic heterocycles. The maximum absolute atomic E-state index is 13.5. The Morgan fingerprint density at radius 3 is 2.50 bits per heavy atom. The molecule has 156 valence electrons. The van der Waals surface area contributed by atoms with Gasteiger partial charge < -0.3 is 19.9 Å². The monoisotopic (exact) mass is 404 g/mol. The minimum Gasteiger partial charge on any atom is -0.507 e. The van der Waals surface area contributed by atoms with Gasteiger partial charge in [0.15, 0.2) is 5.78 Å². The summed E-state index contributed by atoms with van der Waals surface area (Å²) in [6, 6.07) is 3.51. The molecule has 0 radical (unpaired) electrons. The van der Waals surface area contributed by atoms with E-state index in [9.17, 15) is 9.90 Å². The predicted molar refractivity (Wildman–Crippen MR) is 122 cm³/mol. The van der Waals surface area contributed by atoms with E-state index >= 15 is 0 Å². The molecule has 0 unspecified atom stereocenters. The fourth-order valence-corrected chi connectivity index (χ4v) is 4.01. The molecule has 2 aromatic rings. The Hall–Kier alpha value is -2.96. The zero-order chi connectivity index (χ0) is 21.4. The number of H-pyrrole nitrogens is 1. The standard InChI is InChI=1S/C24H28N4O2/c1-27(2)11-9-15-13-25-19-7-5-18(24(30)21(15)19)17-6-8-20(29)22-16(10-12-28(3)4)14-26-23(17)22/h5-8,13-14,26,29H,9-12H2,1-4H3. The second-order valence-electron chi connectivity index (χ2n) is 8.42. The average molecular weight is 405 g/mol. The first kappa shape index (κ1) is 20.3. The Morgan fingerprint density at radius 2 is 1.77 bits per heavy atom. The highest BCUT2D eigenvalue weighted by atomic mass is 16.3. The molecule has 6 nitrogen and oxygen atoms in total. The van der Waals surface area contributed by atoms with Crippen molar-refractivity contribution in [2.24, 2.45) is 4.99 Å². The van der Waals surface area contributed by atoms with Gasteiger partial charge in [-0.05, 0) is 76.5 Å². The first-order valence-electron chi connectivity index (χ1n) is 10.2. The molecule has 0 saturated carbocycles. The topological polar surface area (TPSA) is 71.9 Å². The van der Waals surface area contributed by atoms with E-state index in [2.05, 4.69) is 19.8 Å². The molecule has 2 heterocycles. The molecule has 2 aliphatic rings. The Bertz CT molecular complexity index is 1130. The number of hydrogen-bond donors (Lipinski definition) is 2. The van der Waals surface area contributed by atoms with Crippen LogP contribution >= 0.6 is 0 Å². The molecule has 0 atom stereocenters. The van der Waals surface area contributed by atoms with Crippen LogP contribution in [0.1, 0.15) is 17.5 Å². The van der Waals surface area contributed by atoms with Gasteiger partial charge in [-0.25, -0.2) is 0 Å². The van der Waals surface area contributed by atoms with Crippen LogP contribution in [0.5, 0.6) is 5.75 Å². The number of benzene rings is 1. The number of nitrogens with one attached hydrogen (secondary N) is 1. The molecule has 1 aliphatic heterocycles. The number of allylic oxidation sites excluding steroid dienone is 4. The van der Waals surface area contributed by atoms with E-state index in [-0.39, 0.29) is 11.5 Å². The maximum Gasteiger partial charge on any atom is 0.196 e. The lowest BCUT2D eigenvalue weighted by molar-refractivity contribution is -0.110. The summed E-state index contributed by atoms with van der Waals surface area (Å²) in [6.45, 7) is 1.74. The quantitative estimate of drug-likeness (QED) is 0.744. The van der Waals surface area contributed by atoms with Crippen LogP contribution in [0.2, 0.25) is 0 Å². The summed E-state index contributed by atoms with van der Waals surface area (Å²) in [4.78, 5) is 25.4. The number of likely N-dealkylation sites (N-methyl/N-ethyl adjacent to an activating group) is 1. The van der Waals surface area contributed by atoms with Gasteiger partial charge in [0, 0.05) is 42.0 Å². The smallest absolute Gasteiger partial charge is 0.196 e. The summed E-state index contributed by atoms with van der Waals surface area (Å²) in [7, 11) is 8.10. The van der Waals surface area contributed by atoms with Gasteiger partial charge in [-0.15, -0.1) is 0 Å². The molecule has 0 spiro atoms.